The first-order chi connectivity index (χ1) is 9.63. The minimum Gasteiger partial charge on any atom is -0.314 e. The van der Waals surface area contributed by atoms with Crippen LogP contribution in [0.15, 0.2) is 24.8 Å². The Balaban J connectivity index is 0.00000220. The summed E-state index contributed by atoms with van der Waals surface area (Å²) in [4.78, 5) is 2.07. The fourth-order valence-electron chi connectivity index (χ4n) is 2.62. The molecule has 1 saturated heterocycles. The van der Waals surface area contributed by atoms with Gasteiger partial charge in [-0.25, -0.2) is 13.2 Å². The number of allylic oxidation sites excluding steroid dienone is 1. The van der Waals surface area contributed by atoms with Crippen molar-refractivity contribution in [3.05, 3.63) is 47.8 Å². The Hall–Kier alpha value is -0.750. The highest BCUT2D eigenvalue weighted by Gasteiger charge is 2.26. The lowest BCUT2D eigenvalue weighted by Gasteiger charge is -2.35. The van der Waals surface area contributed by atoms with E-state index >= 15 is 0 Å². The Labute approximate surface area is 141 Å². The average molecular weight is 357 g/mol. The molecule has 0 amide bonds. The molecule has 0 aromatic heterocycles. The highest BCUT2D eigenvalue weighted by molar-refractivity contribution is 5.85. The molecule has 126 valence electrons. The molecule has 0 unspecified atom stereocenters. The summed E-state index contributed by atoms with van der Waals surface area (Å²) in [7, 11) is 0. The Morgan fingerprint density at radius 3 is 2.41 bits per heavy atom. The number of benzene rings is 1. The van der Waals surface area contributed by atoms with E-state index in [1.54, 1.807) is 6.08 Å². The van der Waals surface area contributed by atoms with Crippen molar-refractivity contribution in [1.82, 2.24) is 10.2 Å². The van der Waals surface area contributed by atoms with Gasteiger partial charge in [-0.1, -0.05) is 6.08 Å². The molecular weight excluding hydrogens is 336 g/mol. The van der Waals surface area contributed by atoms with Gasteiger partial charge in [0, 0.05) is 43.9 Å². The number of hydrogen-bond acceptors (Lipinski definition) is 2. The number of halogens is 5. The minimum absolute atomic E-state index is 0. The number of nitrogens with zero attached hydrogens (tertiary/aromatic N) is 1. The highest BCUT2D eigenvalue weighted by Crippen LogP contribution is 2.30. The molecular formula is C15H21Cl2F3N2. The molecule has 1 fully saturated rings. The van der Waals surface area contributed by atoms with Crippen LogP contribution in [0.5, 0.6) is 0 Å². The maximum atomic E-state index is 14.0. The number of piperazine rings is 1. The zero-order chi connectivity index (χ0) is 14.5. The van der Waals surface area contributed by atoms with Crippen LogP contribution in [-0.2, 0) is 0 Å². The molecule has 0 bridgehead atoms. The molecule has 2 rings (SSSR count). The van der Waals surface area contributed by atoms with E-state index in [1.165, 1.54) is 0 Å². The summed E-state index contributed by atoms with van der Waals surface area (Å²) >= 11 is 0. The lowest BCUT2D eigenvalue weighted by atomic mass is 9.98. The van der Waals surface area contributed by atoms with Gasteiger partial charge in [-0.05, 0) is 18.9 Å². The number of nitrogens with one attached hydrogen (secondary N) is 1. The van der Waals surface area contributed by atoms with E-state index in [0.29, 0.717) is 18.9 Å². The van der Waals surface area contributed by atoms with E-state index in [0.717, 1.165) is 32.2 Å². The Morgan fingerprint density at radius 1 is 1.18 bits per heavy atom. The molecule has 7 heteroatoms. The molecule has 0 radical (unpaired) electrons. The average Bonchev–Trinajstić information content (AvgIpc) is 2.45. The Morgan fingerprint density at radius 2 is 1.82 bits per heavy atom. The van der Waals surface area contributed by atoms with Crippen molar-refractivity contribution in [3.8, 4) is 0 Å². The van der Waals surface area contributed by atoms with Crippen LogP contribution in [0.25, 0.3) is 0 Å². The van der Waals surface area contributed by atoms with Gasteiger partial charge in [-0.3, -0.25) is 4.90 Å². The predicted octanol–water partition coefficient (Wildman–Crippen LogP) is 3.86. The molecule has 0 aliphatic carbocycles. The largest absolute Gasteiger partial charge is 0.314 e. The molecule has 1 heterocycles. The van der Waals surface area contributed by atoms with Crippen LogP contribution in [0.1, 0.15) is 24.4 Å². The smallest absolute Gasteiger partial charge is 0.163 e. The second kappa shape index (κ2) is 10.1. The number of rotatable bonds is 5. The quantitative estimate of drug-likeness (QED) is 0.636. The van der Waals surface area contributed by atoms with Crippen molar-refractivity contribution >= 4 is 24.8 Å². The van der Waals surface area contributed by atoms with Crippen molar-refractivity contribution in [2.45, 2.75) is 18.9 Å². The van der Waals surface area contributed by atoms with E-state index in [1.807, 2.05) is 0 Å². The first-order valence-electron chi connectivity index (χ1n) is 6.83. The van der Waals surface area contributed by atoms with Crippen LogP contribution in [0.3, 0.4) is 0 Å². The first-order valence-corrected chi connectivity index (χ1v) is 6.83. The maximum Gasteiger partial charge on any atom is 0.163 e. The van der Waals surface area contributed by atoms with Gasteiger partial charge in [-0.2, -0.15) is 0 Å². The predicted molar refractivity (Wildman–Crippen MR) is 87.4 cm³/mol. The van der Waals surface area contributed by atoms with Gasteiger partial charge in [0.25, 0.3) is 0 Å². The molecule has 1 aromatic rings. The van der Waals surface area contributed by atoms with Crippen molar-refractivity contribution < 1.29 is 13.2 Å². The molecule has 1 aliphatic rings. The monoisotopic (exact) mass is 356 g/mol. The van der Waals surface area contributed by atoms with E-state index in [9.17, 15) is 13.2 Å². The van der Waals surface area contributed by atoms with Gasteiger partial charge in [0.1, 0.15) is 5.82 Å². The third-order valence-corrected chi connectivity index (χ3v) is 3.62. The fourth-order valence-corrected chi connectivity index (χ4v) is 2.62. The molecule has 0 spiro atoms. The van der Waals surface area contributed by atoms with E-state index in [2.05, 4.69) is 16.8 Å². The molecule has 0 saturated carbocycles. The van der Waals surface area contributed by atoms with Crippen LogP contribution in [0.4, 0.5) is 13.2 Å². The summed E-state index contributed by atoms with van der Waals surface area (Å²) in [6.07, 6.45) is 3.01. The summed E-state index contributed by atoms with van der Waals surface area (Å²) in [5, 5.41) is 3.21. The summed E-state index contributed by atoms with van der Waals surface area (Å²) in [5.74, 6) is -2.81. The second-order valence-electron chi connectivity index (χ2n) is 4.96. The van der Waals surface area contributed by atoms with Crippen LogP contribution in [-0.4, -0.2) is 31.1 Å². The fraction of sp³-hybridized carbons (Fsp3) is 0.467. The van der Waals surface area contributed by atoms with Crippen LogP contribution < -0.4 is 5.32 Å². The lowest BCUT2D eigenvalue weighted by molar-refractivity contribution is 0.162. The Kier molecular flexibility index (Phi) is 9.76. The van der Waals surface area contributed by atoms with Gasteiger partial charge >= 0.3 is 0 Å². The lowest BCUT2D eigenvalue weighted by Crippen LogP contribution is -2.45. The van der Waals surface area contributed by atoms with Crippen molar-refractivity contribution in [1.29, 1.82) is 0 Å². The van der Waals surface area contributed by atoms with Crippen molar-refractivity contribution in [2.24, 2.45) is 0 Å². The van der Waals surface area contributed by atoms with Gasteiger partial charge < -0.3 is 5.32 Å². The first kappa shape index (κ1) is 21.2. The highest BCUT2D eigenvalue weighted by atomic mass is 35.5. The van der Waals surface area contributed by atoms with Gasteiger partial charge in [-0.15, -0.1) is 31.4 Å². The van der Waals surface area contributed by atoms with E-state index < -0.39 is 17.5 Å². The van der Waals surface area contributed by atoms with E-state index in [4.69, 9.17) is 0 Å². The SMILES string of the molecule is C=CCC[C@H](c1cc(F)cc(F)c1F)N1CCNCC1.Cl.Cl. The van der Waals surface area contributed by atoms with Crippen molar-refractivity contribution in [2.75, 3.05) is 26.2 Å². The summed E-state index contributed by atoms with van der Waals surface area (Å²) in [6.45, 7) is 6.72. The van der Waals surface area contributed by atoms with Crippen LogP contribution in [0, 0.1) is 17.5 Å². The van der Waals surface area contributed by atoms with E-state index in [-0.39, 0.29) is 36.4 Å². The van der Waals surface area contributed by atoms with Gasteiger partial charge in [0.2, 0.25) is 0 Å². The molecule has 1 aromatic carbocycles. The topological polar surface area (TPSA) is 15.3 Å². The molecule has 22 heavy (non-hydrogen) atoms. The van der Waals surface area contributed by atoms with Gasteiger partial charge in [0.15, 0.2) is 11.6 Å². The molecule has 1 atom stereocenters. The third-order valence-electron chi connectivity index (χ3n) is 3.62. The second-order valence-corrected chi connectivity index (χ2v) is 4.96. The summed E-state index contributed by atoms with van der Waals surface area (Å²) < 4.78 is 40.8. The summed E-state index contributed by atoms with van der Waals surface area (Å²) in [5.41, 5.74) is 0.103. The molecule has 1 N–H and O–H groups in total. The molecule has 1 aliphatic heterocycles. The zero-order valence-electron chi connectivity index (χ0n) is 12.2. The Bertz CT molecular complexity index is 480. The normalized spacial score (nSPS) is 16.3. The standard InChI is InChI=1S/C15H19F3N2.2ClH/c1-2-3-4-14(20-7-5-19-6-8-20)12-9-11(16)10-13(17)15(12)18;;/h2,9-10,14,19H,1,3-8H2;2*1H/t14-;;/m1../s1. The summed E-state index contributed by atoms with van der Waals surface area (Å²) in [6, 6.07) is 1.37. The van der Waals surface area contributed by atoms with Gasteiger partial charge in [0.05, 0.1) is 0 Å². The van der Waals surface area contributed by atoms with Crippen molar-refractivity contribution in [3.63, 3.8) is 0 Å². The van der Waals surface area contributed by atoms with Crippen LogP contribution >= 0.6 is 24.8 Å². The number of hydrogen-bond donors (Lipinski definition) is 1. The van der Waals surface area contributed by atoms with Crippen LogP contribution in [0.2, 0.25) is 0 Å². The molecule has 2 nitrogen and oxygen atoms in total. The maximum absolute atomic E-state index is 14.0. The third kappa shape index (κ3) is 5.16. The minimum atomic E-state index is -1.13. The zero-order valence-corrected chi connectivity index (χ0v) is 13.8.